The van der Waals surface area contributed by atoms with Crippen LogP contribution in [0.1, 0.15) is 49.0 Å². The monoisotopic (exact) mass is 284 g/mol. The van der Waals surface area contributed by atoms with Gasteiger partial charge in [-0.05, 0) is 48.9 Å². The van der Waals surface area contributed by atoms with Crippen molar-refractivity contribution in [1.29, 1.82) is 0 Å². The van der Waals surface area contributed by atoms with Crippen molar-refractivity contribution in [1.82, 2.24) is 4.90 Å². The number of carbonyl (C=O) groups is 1. The minimum absolute atomic E-state index is 0.131. The number of nitrogens with zero attached hydrogens (tertiary/aromatic N) is 1. The maximum atomic E-state index is 12.6. The fourth-order valence-corrected chi connectivity index (χ4v) is 2.66. The second-order valence-corrected chi connectivity index (χ2v) is 6.39. The van der Waals surface area contributed by atoms with E-state index in [0.29, 0.717) is 12.0 Å². The molecule has 0 radical (unpaired) electrons. The second-order valence-electron chi connectivity index (χ2n) is 6.39. The van der Waals surface area contributed by atoms with Gasteiger partial charge in [0.15, 0.2) is 0 Å². The molecule has 0 saturated carbocycles. The Morgan fingerprint density at radius 1 is 1.24 bits per heavy atom. The Morgan fingerprint density at radius 2 is 1.95 bits per heavy atom. The molecule has 1 aliphatic heterocycles. The number of carbonyl (C=O) groups excluding carboxylic acids is 1. The van der Waals surface area contributed by atoms with Crippen molar-refractivity contribution in [3.8, 4) is 11.8 Å². The van der Waals surface area contributed by atoms with Crippen LogP contribution in [-0.2, 0) is 0 Å². The summed E-state index contributed by atoms with van der Waals surface area (Å²) in [5.74, 6) is 5.92. The number of likely N-dealkylation sites (tertiary alicyclic amines) is 1. The van der Waals surface area contributed by atoms with Crippen LogP contribution in [0, 0.1) is 17.3 Å². The van der Waals surface area contributed by atoms with Crippen LogP contribution in [0.5, 0.6) is 0 Å². The summed E-state index contributed by atoms with van der Waals surface area (Å²) in [4.78, 5) is 14.5. The zero-order valence-corrected chi connectivity index (χ0v) is 13.0. The van der Waals surface area contributed by atoms with Gasteiger partial charge in [0.25, 0.3) is 5.91 Å². The average molecular weight is 284 g/mol. The Balaban J connectivity index is 2.06. The van der Waals surface area contributed by atoms with Crippen LogP contribution >= 0.6 is 0 Å². The first-order chi connectivity index (χ1) is 10.0. The largest absolute Gasteiger partial charge is 0.339 e. The molecule has 1 amide bonds. The van der Waals surface area contributed by atoms with Gasteiger partial charge in [-0.3, -0.25) is 4.79 Å². The van der Waals surface area contributed by atoms with Crippen molar-refractivity contribution in [3.05, 3.63) is 35.4 Å². The smallest absolute Gasteiger partial charge is 0.253 e. The van der Waals surface area contributed by atoms with E-state index in [0.717, 1.165) is 37.1 Å². The lowest BCUT2D eigenvalue weighted by molar-refractivity contribution is 0.0757. The summed E-state index contributed by atoms with van der Waals surface area (Å²) in [6.07, 6.45) is 3.34. The number of amides is 1. The third-order valence-corrected chi connectivity index (χ3v) is 4.09. The summed E-state index contributed by atoms with van der Waals surface area (Å²) >= 11 is 0. The molecule has 0 aromatic heterocycles. The van der Waals surface area contributed by atoms with E-state index in [-0.39, 0.29) is 5.91 Å². The third kappa shape index (κ3) is 4.34. The molecule has 1 aromatic carbocycles. The first-order valence-corrected chi connectivity index (χ1v) is 7.60. The van der Waals surface area contributed by atoms with Crippen molar-refractivity contribution in [2.75, 3.05) is 19.6 Å². The highest BCUT2D eigenvalue weighted by molar-refractivity contribution is 5.94. The topological polar surface area (TPSA) is 46.3 Å². The van der Waals surface area contributed by atoms with Crippen LogP contribution in [0.4, 0.5) is 0 Å². The Hall–Kier alpha value is -1.79. The molecule has 3 nitrogen and oxygen atoms in total. The Bertz CT molecular complexity index is 549. The molecular formula is C18H24N2O. The van der Waals surface area contributed by atoms with Gasteiger partial charge in [-0.15, -0.1) is 0 Å². The van der Waals surface area contributed by atoms with E-state index in [1.807, 2.05) is 29.2 Å². The minimum atomic E-state index is 0.131. The van der Waals surface area contributed by atoms with Crippen molar-refractivity contribution in [3.63, 3.8) is 0 Å². The minimum Gasteiger partial charge on any atom is -0.339 e. The zero-order chi connectivity index (χ0) is 15.3. The average Bonchev–Trinajstić information content (AvgIpc) is 2.66. The summed E-state index contributed by atoms with van der Waals surface area (Å²) in [6.45, 7) is 6.62. The first kappa shape index (κ1) is 15.6. The van der Waals surface area contributed by atoms with Gasteiger partial charge in [0, 0.05) is 24.2 Å². The van der Waals surface area contributed by atoms with E-state index < -0.39 is 0 Å². The number of hydrogen-bond acceptors (Lipinski definition) is 2. The lowest BCUT2D eigenvalue weighted by atomic mass is 9.85. The molecule has 0 aliphatic carbocycles. The Morgan fingerprint density at radius 3 is 2.62 bits per heavy atom. The highest BCUT2D eigenvalue weighted by Gasteiger charge is 2.25. The molecule has 3 heteroatoms. The highest BCUT2D eigenvalue weighted by Crippen LogP contribution is 2.30. The van der Waals surface area contributed by atoms with Gasteiger partial charge in [-0.1, -0.05) is 25.7 Å². The Labute approximate surface area is 127 Å². The molecule has 1 aromatic rings. The molecule has 1 aliphatic rings. The predicted molar refractivity (Wildman–Crippen MR) is 85.9 cm³/mol. The molecule has 1 saturated heterocycles. The summed E-state index contributed by atoms with van der Waals surface area (Å²) in [7, 11) is 0. The van der Waals surface area contributed by atoms with Gasteiger partial charge in [0.05, 0.1) is 6.54 Å². The van der Waals surface area contributed by atoms with Gasteiger partial charge in [-0.25, -0.2) is 0 Å². The van der Waals surface area contributed by atoms with Crippen molar-refractivity contribution < 1.29 is 4.79 Å². The van der Waals surface area contributed by atoms with E-state index in [4.69, 9.17) is 5.73 Å². The van der Waals surface area contributed by atoms with Gasteiger partial charge >= 0.3 is 0 Å². The van der Waals surface area contributed by atoms with Gasteiger partial charge in [0.1, 0.15) is 0 Å². The number of hydrogen-bond donors (Lipinski definition) is 1. The van der Waals surface area contributed by atoms with E-state index in [9.17, 15) is 4.79 Å². The van der Waals surface area contributed by atoms with Gasteiger partial charge < -0.3 is 10.6 Å². The van der Waals surface area contributed by atoms with E-state index in [1.165, 1.54) is 6.42 Å². The maximum Gasteiger partial charge on any atom is 0.253 e. The lowest BCUT2D eigenvalue weighted by Crippen LogP contribution is -2.32. The normalized spacial score (nSPS) is 17.6. The molecule has 0 bridgehead atoms. The molecule has 21 heavy (non-hydrogen) atoms. The fourth-order valence-electron chi connectivity index (χ4n) is 2.66. The molecule has 0 atom stereocenters. The quantitative estimate of drug-likeness (QED) is 0.806. The van der Waals surface area contributed by atoms with Crippen LogP contribution < -0.4 is 5.73 Å². The summed E-state index contributed by atoms with van der Waals surface area (Å²) in [5, 5.41) is 0. The molecule has 0 unspecified atom stereocenters. The lowest BCUT2D eigenvalue weighted by Gasteiger charge is -2.23. The molecule has 1 heterocycles. The molecule has 0 spiro atoms. The summed E-state index contributed by atoms with van der Waals surface area (Å²) < 4.78 is 0. The van der Waals surface area contributed by atoms with Crippen LogP contribution in [0.25, 0.3) is 0 Å². The van der Waals surface area contributed by atoms with Crippen LogP contribution in [0.2, 0.25) is 0 Å². The molecule has 1 fully saturated rings. The standard InChI is InChI=1S/C18H24N2O/c1-18(2)10-4-13-20(14-11-18)17(21)16-8-6-15(7-9-16)5-3-12-19/h6-9H,4,10-14,19H2,1-2H3. The number of nitrogens with two attached hydrogens (primary N) is 1. The van der Waals surface area contributed by atoms with Gasteiger partial charge in [-0.2, -0.15) is 0 Å². The Kier molecular flexibility index (Phi) is 5.03. The zero-order valence-electron chi connectivity index (χ0n) is 13.0. The molecule has 2 N–H and O–H groups in total. The van der Waals surface area contributed by atoms with E-state index >= 15 is 0 Å². The van der Waals surface area contributed by atoms with E-state index in [2.05, 4.69) is 25.7 Å². The van der Waals surface area contributed by atoms with Gasteiger partial charge in [0.2, 0.25) is 0 Å². The predicted octanol–water partition coefficient (Wildman–Crippen LogP) is 2.65. The van der Waals surface area contributed by atoms with E-state index in [1.54, 1.807) is 0 Å². The first-order valence-electron chi connectivity index (χ1n) is 7.60. The van der Waals surface area contributed by atoms with Crippen LogP contribution in [-0.4, -0.2) is 30.4 Å². The molecule has 2 rings (SSSR count). The summed E-state index contributed by atoms with van der Waals surface area (Å²) in [6, 6.07) is 7.49. The fraction of sp³-hybridized carbons (Fsp3) is 0.500. The van der Waals surface area contributed by atoms with Crippen molar-refractivity contribution in [2.24, 2.45) is 11.1 Å². The number of benzene rings is 1. The maximum absolute atomic E-state index is 12.6. The molecule has 112 valence electrons. The van der Waals surface area contributed by atoms with Crippen LogP contribution in [0.3, 0.4) is 0 Å². The highest BCUT2D eigenvalue weighted by atomic mass is 16.2. The molecular weight excluding hydrogens is 260 g/mol. The van der Waals surface area contributed by atoms with Crippen molar-refractivity contribution >= 4 is 5.91 Å². The third-order valence-electron chi connectivity index (χ3n) is 4.09. The summed E-state index contributed by atoms with van der Waals surface area (Å²) in [5.41, 5.74) is 7.34. The number of rotatable bonds is 1. The van der Waals surface area contributed by atoms with Crippen LogP contribution in [0.15, 0.2) is 24.3 Å². The SMILES string of the molecule is CC1(C)CCCN(C(=O)c2ccc(C#CCN)cc2)CC1. The van der Waals surface area contributed by atoms with Crippen molar-refractivity contribution in [2.45, 2.75) is 33.1 Å². The second kappa shape index (κ2) is 6.78.